The Kier molecular flexibility index (Phi) is 4.56. The predicted octanol–water partition coefficient (Wildman–Crippen LogP) is 3.64. The van der Waals surface area contributed by atoms with Crippen molar-refractivity contribution in [2.75, 3.05) is 19.6 Å². The summed E-state index contributed by atoms with van der Waals surface area (Å²) in [5.41, 5.74) is 2.05. The van der Waals surface area contributed by atoms with Crippen molar-refractivity contribution in [3.63, 3.8) is 0 Å². The number of amides is 1. The number of halogens is 1. The second-order valence-corrected chi connectivity index (χ2v) is 7.98. The lowest BCUT2D eigenvalue weighted by atomic mass is 9.93. The number of thiazole rings is 1. The van der Waals surface area contributed by atoms with Crippen molar-refractivity contribution in [2.24, 2.45) is 0 Å². The number of carbonyl (C=O) groups excluding carboxylic acids is 1. The molecule has 4 rings (SSSR count). The van der Waals surface area contributed by atoms with E-state index in [4.69, 9.17) is 0 Å². The summed E-state index contributed by atoms with van der Waals surface area (Å²) in [6, 6.07) is 4.78. The highest BCUT2D eigenvalue weighted by Gasteiger charge is 2.29. The molecule has 2 aliphatic heterocycles. The molecule has 132 valence electrons. The molecule has 0 unspecified atom stereocenters. The molecule has 0 bridgehead atoms. The van der Waals surface area contributed by atoms with Crippen molar-refractivity contribution >= 4 is 17.2 Å². The Morgan fingerprint density at radius 1 is 1.32 bits per heavy atom. The van der Waals surface area contributed by atoms with Crippen LogP contribution in [0.2, 0.25) is 0 Å². The van der Waals surface area contributed by atoms with Crippen LogP contribution in [0, 0.1) is 5.82 Å². The van der Waals surface area contributed by atoms with Gasteiger partial charge in [-0.05, 0) is 62.5 Å². The molecule has 1 amide bonds. The molecule has 0 radical (unpaired) electrons. The molecule has 1 saturated heterocycles. The Balaban J connectivity index is 1.50. The van der Waals surface area contributed by atoms with Crippen LogP contribution in [0.1, 0.15) is 51.6 Å². The van der Waals surface area contributed by atoms with Crippen LogP contribution in [0.15, 0.2) is 24.4 Å². The minimum absolute atomic E-state index is 0.00702. The summed E-state index contributed by atoms with van der Waals surface area (Å²) in [6.07, 6.45) is 4.97. The van der Waals surface area contributed by atoms with Crippen LogP contribution in [0.4, 0.5) is 4.39 Å². The van der Waals surface area contributed by atoms with Gasteiger partial charge in [-0.3, -0.25) is 9.69 Å². The van der Waals surface area contributed by atoms with Crippen molar-refractivity contribution in [3.8, 4) is 0 Å². The zero-order valence-corrected chi connectivity index (χ0v) is 15.2. The van der Waals surface area contributed by atoms with E-state index in [-0.39, 0.29) is 17.8 Å². The van der Waals surface area contributed by atoms with E-state index in [1.54, 1.807) is 12.3 Å². The van der Waals surface area contributed by atoms with Crippen molar-refractivity contribution in [2.45, 2.75) is 38.8 Å². The molecule has 1 atom stereocenters. The number of aromatic nitrogens is 1. The number of likely N-dealkylation sites (tertiary alicyclic amines) is 1. The van der Waals surface area contributed by atoms with Crippen LogP contribution in [0.5, 0.6) is 0 Å². The summed E-state index contributed by atoms with van der Waals surface area (Å²) in [5, 5.41) is 1.00. The lowest BCUT2D eigenvalue weighted by Gasteiger charge is -2.35. The van der Waals surface area contributed by atoms with E-state index in [0.717, 1.165) is 42.2 Å². The summed E-state index contributed by atoms with van der Waals surface area (Å²) < 4.78 is 13.6. The fourth-order valence-electron chi connectivity index (χ4n) is 3.82. The molecule has 0 N–H and O–H groups in total. The topological polar surface area (TPSA) is 36.4 Å². The van der Waals surface area contributed by atoms with Crippen LogP contribution in [-0.4, -0.2) is 40.3 Å². The van der Waals surface area contributed by atoms with E-state index in [0.29, 0.717) is 11.4 Å². The zero-order valence-electron chi connectivity index (χ0n) is 14.4. The van der Waals surface area contributed by atoms with Crippen molar-refractivity contribution in [3.05, 3.63) is 51.2 Å². The van der Waals surface area contributed by atoms with Gasteiger partial charge in [0.15, 0.2) is 0 Å². The lowest BCUT2D eigenvalue weighted by molar-refractivity contribution is 0.0682. The van der Waals surface area contributed by atoms with Crippen LogP contribution in [-0.2, 0) is 13.0 Å². The SMILES string of the molecule is C[C@H]1c2cc(F)ccc2CCN1C(=O)c1cnc(CN2CCCC2)s1. The highest BCUT2D eigenvalue weighted by Crippen LogP contribution is 2.32. The van der Waals surface area contributed by atoms with E-state index in [9.17, 15) is 9.18 Å². The lowest BCUT2D eigenvalue weighted by Crippen LogP contribution is -2.38. The fourth-order valence-corrected chi connectivity index (χ4v) is 4.73. The van der Waals surface area contributed by atoms with Crippen molar-refractivity contribution < 1.29 is 9.18 Å². The Morgan fingerprint density at radius 3 is 2.92 bits per heavy atom. The van der Waals surface area contributed by atoms with E-state index < -0.39 is 0 Å². The van der Waals surface area contributed by atoms with Crippen LogP contribution in [0.25, 0.3) is 0 Å². The highest BCUT2D eigenvalue weighted by atomic mass is 32.1. The van der Waals surface area contributed by atoms with Crippen molar-refractivity contribution in [1.82, 2.24) is 14.8 Å². The second-order valence-electron chi connectivity index (χ2n) is 6.87. The summed E-state index contributed by atoms with van der Waals surface area (Å²) in [5.74, 6) is -0.238. The summed E-state index contributed by atoms with van der Waals surface area (Å²) in [6.45, 7) is 5.71. The number of benzene rings is 1. The largest absolute Gasteiger partial charge is 0.331 e. The van der Waals surface area contributed by atoms with Gasteiger partial charge in [-0.25, -0.2) is 9.37 Å². The molecule has 0 saturated carbocycles. The summed E-state index contributed by atoms with van der Waals surface area (Å²) in [7, 11) is 0. The molecule has 25 heavy (non-hydrogen) atoms. The Hall–Kier alpha value is -1.79. The van der Waals surface area contributed by atoms with Gasteiger partial charge in [0.05, 0.1) is 18.8 Å². The summed E-state index contributed by atoms with van der Waals surface area (Å²) >= 11 is 1.49. The monoisotopic (exact) mass is 359 g/mol. The van der Waals surface area contributed by atoms with Gasteiger partial charge in [0.1, 0.15) is 15.7 Å². The van der Waals surface area contributed by atoms with Gasteiger partial charge in [0, 0.05) is 6.54 Å². The number of nitrogens with zero attached hydrogens (tertiary/aromatic N) is 3. The first-order valence-electron chi connectivity index (χ1n) is 8.88. The van der Waals surface area contributed by atoms with Crippen molar-refractivity contribution in [1.29, 1.82) is 0 Å². The minimum atomic E-state index is -0.245. The maximum atomic E-state index is 13.6. The third-order valence-corrected chi connectivity index (χ3v) is 6.20. The first kappa shape index (κ1) is 16.7. The van der Waals surface area contributed by atoms with Crippen LogP contribution < -0.4 is 0 Å². The maximum Gasteiger partial charge on any atom is 0.266 e. The normalized spacial score (nSPS) is 20.7. The Bertz CT molecular complexity index is 785. The first-order valence-corrected chi connectivity index (χ1v) is 9.70. The molecule has 0 spiro atoms. The molecule has 1 fully saturated rings. The fraction of sp³-hybridized carbons (Fsp3) is 0.474. The standard InChI is InChI=1S/C19H22FN3OS/c1-13-16-10-15(20)5-4-14(16)6-9-23(13)19(24)17-11-21-18(25-17)12-22-7-2-3-8-22/h4-5,10-11,13H,2-3,6-9,12H2,1H3/t13-/m0/s1. The Morgan fingerprint density at radius 2 is 2.12 bits per heavy atom. The van der Waals surface area contributed by atoms with E-state index >= 15 is 0 Å². The Labute approximate surface area is 151 Å². The van der Waals surface area contributed by atoms with E-state index in [1.165, 1.54) is 30.2 Å². The average Bonchev–Trinajstić information content (AvgIpc) is 3.28. The van der Waals surface area contributed by atoms with Gasteiger partial charge in [0.2, 0.25) is 0 Å². The molecule has 1 aromatic heterocycles. The van der Waals surface area contributed by atoms with E-state index in [1.807, 2.05) is 17.9 Å². The number of fused-ring (bicyclic) bond motifs is 1. The minimum Gasteiger partial charge on any atom is -0.331 e. The third-order valence-electron chi connectivity index (χ3n) is 5.23. The summed E-state index contributed by atoms with van der Waals surface area (Å²) in [4.78, 5) is 22.3. The van der Waals surface area contributed by atoms with Gasteiger partial charge >= 0.3 is 0 Å². The van der Waals surface area contributed by atoms with Gasteiger partial charge in [-0.15, -0.1) is 11.3 Å². The van der Waals surface area contributed by atoms with Gasteiger partial charge in [-0.1, -0.05) is 6.07 Å². The highest BCUT2D eigenvalue weighted by molar-refractivity contribution is 7.13. The smallest absolute Gasteiger partial charge is 0.266 e. The number of hydrogen-bond donors (Lipinski definition) is 0. The molecule has 4 nitrogen and oxygen atoms in total. The molecule has 2 aliphatic rings. The van der Waals surface area contributed by atoms with E-state index in [2.05, 4.69) is 9.88 Å². The van der Waals surface area contributed by atoms with Gasteiger partial charge in [0.25, 0.3) is 5.91 Å². The predicted molar refractivity (Wildman–Crippen MR) is 96.2 cm³/mol. The number of rotatable bonds is 3. The molecule has 2 aromatic rings. The number of hydrogen-bond acceptors (Lipinski definition) is 4. The quantitative estimate of drug-likeness (QED) is 0.840. The zero-order chi connectivity index (χ0) is 17.4. The third kappa shape index (κ3) is 3.33. The van der Waals surface area contributed by atoms with Crippen LogP contribution >= 0.6 is 11.3 Å². The number of carbonyl (C=O) groups is 1. The van der Waals surface area contributed by atoms with Gasteiger partial charge < -0.3 is 4.90 Å². The molecule has 1 aromatic carbocycles. The van der Waals surface area contributed by atoms with Gasteiger partial charge in [-0.2, -0.15) is 0 Å². The molecular formula is C19H22FN3OS. The second kappa shape index (κ2) is 6.84. The molecule has 3 heterocycles. The van der Waals surface area contributed by atoms with Crippen LogP contribution in [0.3, 0.4) is 0 Å². The molecule has 0 aliphatic carbocycles. The molecular weight excluding hydrogens is 337 g/mol. The molecule has 6 heteroatoms. The first-order chi connectivity index (χ1) is 12.1. The maximum absolute atomic E-state index is 13.6. The average molecular weight is 359 g/mol.